The van der Waals surface area contributed by atoms with Crippen LogP contribution in [0.15, 0.2) is 71.2 Å². The second-order valence-corrected chi connectivity index (χ2v) is 10.7. The fourth-order valence-electron chi connectivity index (χ4n) is 3.56. The molecule has 0 aliphatic carbocycles. The predicted molar refractivity (Wildman–Crippen MR) is 139 cm³/mol. The molecule has 0 spiro atoms. The predicted octanol–water partition coefficient (Wildman–Crippen LogP) is 6.54. The van der Waals surface area contributed by atoms with E-state index in [4.69, 9.17) is 0 Å². The molecule has 33 heavy (non-hydrogen) atoms. The first kappa shape index (κ1) is 25.2. The van der Waals surface area contributed by atoms with E-state index in [0.717, 1.165) is 21.3 Å². The highest BCUT2D eigenvalue weighted by Crippen LogP contribution is 2.20. The SMILES string of the molecule is CCC(C)CN(CC(=O)N(Cc1ccccc1)Cc1ccc(C)s1)C(=O)c1ccc(Br)cc1. The van der Waals surface area contributed by atoms with E-state index in [-0.39, 0.29) is 18.4 Å². The molecule has 0 aliphatic rings. The van der Waals surface area contributed by atoms with Gasteiger partial charge in [-0.2, -0.15) is 0 Å². The van der Waals surface area contributed by atoms with E-state index in [9.17, 15) is 9.59 Å². The van der Waals surface area contributed by atoms with Gasteiger partial charge in [0.2, 0.25) is 5.91 Å². The molecule has 0 aliphatic heterocycles. The molecule has 2 aromatic carbocycles. The van der Waals surface area contributed by atoms with Crippen molar-refractivity contribution in [1.29, 1.82) is 0 Å². The zero-order valence-corrected chi connectivity index (χ0v) is 21.9. The van der Waals surface area contributed by atoms with Crippen LogP contribution in [0, 0.1) is 12.8 Å². The van der Waals surface area contributed by atoms with Crippen molar-refractivity contribution in [2.45, 2.75) is 40.3 Å². The highest BCUT2D eigenvalue weighted by atomic mass is 79.9. The number of hydrogen-bond donors (Lipinski definition) is 0. The van der Waals surface area contributed by atoms with Crippen molar-refractivity contribution >= 4 is 39.1 Å². The lowest BCUT2D eigenvalue weighted by Gasteiger charge is -2.29. The molecule has 1 aromatic heterocycles. The molecule has 1 unspecified atom stereocenters. The average Bonchev–Trinajstić information content (AvgIpc) is 3.23. The number of amides is 2. The number of benzene rings is 2. The summed E-state index contributed by atoms with van der Waals surface area (Å²) in [7, 11) is 0. The Kier molecular flexibility index (Phi) is 9.27. The van der Waals surface area contributed by atoms with Crippen molar-refractivity contribution in [3.05, 3.63) is 92.1 Å². The van der Waals surface area contributed by atoms with Gasteiger partial charge in [0.05, 0.1) is 6.54 Å². The van der Waals surface area contributed by atoms with Crippen LogP contribution in [0.25, 0.3) is 0 Å². The smallest absolute Gasteiger partial charge is 0.254 e. The van der Waals surface area contributed by atoms with Crippen LogP contribution in [-0.4, -0.2) is 34.7 Å². The number of carbonyl (C=O) groups excluding carboxylic acids is 2. The second kappa shape index (κ2) is 12.1. The number of thiophene rings is 1. The van der Waals surface area contributed by atoms with Crippen LogP contribution < -0.4 is 0 Å². The topological polar surface area (TPSA) is 40.6 Å². The van der Waals surface area contributed by atoms with Crippen molar-refractivity contribution in [2.75, 3.05) is 13.1 Å². The Hall–Kier alpha value is -2.44. The lowest BCUT2D eigenvalue weighted by Crippen LogP contribution is -2.44. The first-order valence-corrected chi connectivity index (χ1v) is 12.9. The molecule has 3 aromatic rings. The van der Waals surface area contributed by atoms with Crippen molar-refractivity contribution in [1.82, 2.24) is 9.80 Å². The van der Waals surface area contributed by atoms with Crippen LogP contribution in [0.1, 0.15) is 45.9 Å². The van der Waals surface area contributed by atoms with Crippen molar-refractivity contribution in [2.24, 2.45) is 5.92 Å². The van der Waals surface area contributed by atoms with Crippen LogP contribution in [0.4, 0.5) is 0 Å². The minimum atomic E-state index is -0.109. The molecule has 2 amide bonds. The van der Waals surface area contributed by atoms with Gasteiger partial charge >= 0.3 is 0 Å². The van der Waals surface area contributed by atoms with Crippen LogP contribution in [0.5, 0.6) is 0 Å². The summed E-state index contributed by atoms with van der Waals surface area (Å²) in [6, 6.07) is 21.5. The molecule has 0 fully saturated rings. The maximum absolute atomic E-state index is 13.6. The fraction of sp³-hybridized carbons (Fsp3) is 0.333. The van der Waals surface area contributed by atoms with Crippen LogP contribution in [-0.2, 0) is 17.9 Å². The summed E-state index contributed by atoms with van der Waals surface area (Å²) in [5.41, 5.74) is 1.67. The standard InChI is InChI=1S/C27H31BrN2O2S/c1-4-20(2)16-30(27(32)23-11-13-24(28)14-12-23)19-26(31)29(17-22-8-6-5-7-9-22)18-25-15-10-21(3)33-25/h5-15,20H,4,16-19H2,1-3H3. The lowest BCUT2D eigenvalue weighted by atomic mass is 10.1. The van der Waals surface area contributed by atoms with Gasteiger partial charge in [-0.25, -0.2) is 0 Å². The largest absolute Gasteiger partial charge is 0.332 e. The Morgan fingerprint density at radius 2 is 1.64 bits per heavy atom. The van der Waals surface area contributed by atoms with Gasteiger partial charge in [-0.15, -0.1) is 11.3 Å². The Labute approximate surface area is 209 Å². The molecule has 0 radical (unpaired) electrons. The minimum absolute atomic E-state index is 0.0429. The summed E-state index contributed by atoms with van der Waals surface area (Å²) in [5, 5.41) is 0. The molecular formula is C27H31BrN2O2S. The average molecular weight is 528 g/mol. The van der Waals surface area contributed by atoms with E-state index in [1.54, 1.807) is 28.4 Å². The Bertz CT molecular complexity index is 1050. The summed E-state index contributed by atoms with van der Waals surface area (Å²) in [4.78, 5) is 32.8. The number of carbonyl (C=O) groups is 2. The molecule has 0 saturated heterocycles. The van der Waals surface area contributed by atoms with Crippen LogP contribution in [0.2, 0.25) is 0 Å². The molecule has 0 bridgehead atoms. The monoisotopic (exact) mass is 526 g/mol. The lowest BCUT2D eigenvalue weighted by molar-refractivity contribution is -0.133. The number of rotatable bonds is 10. The highest BCUT2D eigenvalue weighted by molar-refractivity contribution is 9.10. The number of aryl methyl sites for hydroxylation is 1. The molecule has 0 N–H and O–H groups in total. The Balaban J connectivity index is 1.82. The van der Waals surface area contributed by atoms with Crippen molar-refractivity contribution < 1.29 is 9.59 Å². The maximum atomic E-state index is 13.6. The first-order chi connectivity index (χ1) is 15.9. The quantitative estimate of drug-likeness (QED) is 0.301. The normalized spacial score (nSPS) is 11.8. The summed E-state index contributed by atoms with van der Waals surface area (Å²) in [6.45, 7) is 7.96. The van der Waals surface area contributed by atoms with E-state index < -0.39 is 0 Å². The summed E-state index contributed by atoms with van der Waals surface area (Å²) in [6.07, 6.45) is 0.945. The number of halogens is 1. The number of hydrogen-bond acceptors (Lipinski definition) is 3. The van der Waals surface area contributed by atoms with Gasteiger partial charge in [0, 0.05) is 32.9 Å². The van der Waals surface area contributed by atoms with Gasteiger partial charge < -0.3 is 9.80 Å². The van der Waals surface area contributed by atoms with Gasteiger partial charge in [0.1, 0.15) is 6.54 Å². The third kappa shape index (κ3) is 7.54. The Morgan fingerprint density at radius 3 is 2.24 bits per heavy atom. The van der Waals surface area contributed by atoms with Gasteiger partial charge in [-0.1, -0.05) is 66.5 Å². The van der Waals surface area contributed by atoms with Gasteiger partial charge in [-0.05, 0) is 54.8 Å². The molecule has 6 heteroatoms. The summed E-state index contributed by atoms with van der Waals surface area (Å²) >= 11 is 5.13. The summed E-state index contributed by atoms with van der Waals surface area (Å²) in [5.74, 6) is 0.154. The fourth-order valence-corrected chi connectivity index (χ4v) is 4.73. The van der Waals surface area contributed by atoms with Crippen molar-refractivity contribution in [3.8, 4) is 0 Å². The van der Waals surface area contributed by atoms with Gasteiger partial charge in [0.15, 0.2) is 0 Å². The zero-order chi connectivity index (χ0) is 23.8. The van der Waals surface area contributed by atoms with E-state index >= 15 is 0 Å². The third-order valence-electron chi connectivity index (χ3n) is 5.65. The first-order valence-electron chi connectivity index (χ1n) is 11.3. The molecular weight excluding hydrogens is 496 g/mol. The molecule has 3 rings (SSSR count). The molecule has 1 atom stereocenters. The Morgan fingerprint density at radius 1 is 0.939 bits per heavy atom. The van der Waals surface area contributed by atoms with Crippen LogP contribution >= 0.6 is 27.3 Å². The zero-order valence-electron chi connectivity index (χ0n) is 19.5. The van der Waals surface area contributed by atoms with E-state index in [1.807, 2.05) is 47.4 Å². The molecule has 0 saturated carbocycles. The van der Waals surface area contributed by atoms with Gasteiger partial charge in [0.25, 0.3) is 5.91 Å². The highest BCUT2D eigenvalue weighted by Gasteiger charge is 2.24. The second-order valence-electron chi connectivity index (χ2n) is 8.45. The van der Waals surface area contributed by atoms with Crippen LogP contribution in [0.3, 0.4) is 0 Å². The van der Waals surface area contributed by atoms with Crippen molar-refractivity contribution in [3.63, 3.8) is 0 Å². The van der Waals surface area contributed by atoms with E-state index in [0.29, 0.717) is 31.1 Å². The molecule has 174 valence electrons. The van der Waals surface area contributed by atoms with E-state index in [1.165, 1.54) is 4.88 Å². The molecule has 1 heterocycles. The summed E-state index contributed by atoms with van der Waals surface area (Å²) < 4.78 is 0.920. The third-order valence-corrected chi connectivity index (χ3v) is 7.16. The molecule has 4 nitrogen and oxygen atoms in total. The maximum Gasteiger partial charge on any atom is 0.254 e. The minimum Gasteiger partial charge on any atom is -0.332 e. The number of nitrogens with zero attached hydrogens (tertiary/aromatic N) is 2. The van der Waals surface area contributed by atoms with E-state index in [2.05, 4.69) is 48.8 Å². The van der Waals surface area contributed by atoms with Gasteiger partial charge in [-0.3, -0.25) is 9.59 Å².